The number of rotatable bonds is 12. The van der Waals surface area contributed by atoms with Crippen molar-refractivity contribution in [2.45, 2.75) is 36.6 Å². The smallest absolute Gasteiger partial charge is 0.410 e. The van der Waals surface area contributed by atoms with Gasteiger partial charge in [-0.1, -0.05) is 5.16 Å². The third-order valence-corrected chi connectivity index (χ3v) is 7.52. The minimum absolute atomic E-state index is 0.0275. The van der Waals surface area contributed by atoms with E-state index < -0.39 is 70.2 Å². The summed E-state index contributed by atoms with van der Waals surface area (Å²) in [6.07, 6.45) is -0.322. The Morgan fingerprint density at radius 2 is 2.13 bits per heavy atom. The van der Waals surface area contributed by atoms with Gasteiger partial charge in [-0.3, -0.25) is 19.6 Å². The van der Waals surface area contributed by atoms with Gasteiger partial charge in [0.2, 0.25) is 5.60 Å². The van der Waals surface area contributed by atoms with Crippen LogP contribution in [0.5, 0.6) is 0 Å². The number of amides is 3. The van der Waals surface area contributed by atoms with Crippen molar-refractivity contribution in [3.8, 4) is 0 Å². The summed E-state index contributed by atoms with van der Waals surface area (Å²) in [6.45, 7) is -0.364. The molecule has 0 bridgehead atoms. The number of anilines is 1. The summed E-state index contributed by atoms with van der Waals surface area (Å²) in [4.78, 5) is 59.5. The normalized spacial score (nSPS) is 24.3. The van der Waals surface area contributed by atoms with E-state index in [4.69, 9.17) is 20.7 Å². The molecule has 3 aliphatic rings. The molecule has 3 heterocycles. The molecule has 2 saturated heterocycles. The molecule has 18 nitrogen and oxygen atoms in total. The van der Waals surface area contributed by atoms with Crippen molar-refractivity contribution in [3.63, 3.8) is 0 Å². The number of thiazole rings is 1. The Labute approximate surface area is 218 Å². The fourth-order valence-electron chi connectivity index (χ4n) is 3.79. The van der Waals surface area contributed by atoms with Crippen LogP contribution in [0, 0.1) is 5.41 Å². The molecule has 2 aliphatic heterocycles. The van der Waals surface area contributed by atoms with E-state index in [9.17, 15) is 37.3 Å². The highest BCUT2D eigenvalue weighted by Crippen LogP contribution is 2.40. The molecule has 3 fully saturated rings. The lowest BCUT2D eigenvalue weighted by Crippen LogP contribution is -2.74. The second-order valence-electron chi connectivity index (χ2n) is 8.50. The van der Waals surface area contributed by atoms with Crippen molar-refractivity contribution in [1.82, 2.24) is 24.8 Å². The fourth-order valence-corrected chi connectivity index (χ4v) is 5.21. The highest BCUT2D eigenvalue weighted by molar-refractivity contribution is 7.84. The zero-order valence-corrected chi connectivity index (χ0v) is 20.9. The maximum Gasteiger partial charge on any atom is 0.410 e. The highest BCUT2D eigenvalue weighted by Gasteiger charge is 2.56. The molecule has 1 aliphatic carbocycles. The van der Waals surface area contributed by atoms with E-state index in [1.54, 1.807) is 0 Å². The van der Waals surface area contributed by atoms with Crippen molar-refractivity contribution in [2.75, 3.05) is 25.4 Å². The number of hydrogen-bond donors (Lipinski definition) is 6. The van der Waals surface area contributed by atoms with Crippen LogP contribution in [0.25, 0.3) is 0 Å². The SMILES string of the molecule is N=CNC[C@@H]1CN(C[C@@H]2[C@H](NC(=O)/C(=N\OC3(C(=O)O)CC3)c3csc(N)n3)C(=O)N2S(=O)(=O)O)C(=O)O1. The van der Waals surface area contributed by atoms with Gasteiger partial charge in [-0.25, -0.2) is 18.9 Å². The van der Waals surface area contributed by atoms with Gasteiger partial charge in [0.05, 0.1) is 25.5 Å². The predicted octanol–water partition coefficient (Wildman–Crippen LogP) is -2.42. The van der Waals surface area contributed by atoms with Gasteiger partial charge in [0.15, 0.2) is 10.8 Å². The molecule has 20 heteroatoms. The molecule has 0 unspecified atom stereocenters. The second kappa shape index (κ2) is 10.0. The maximum atomic E-state index is 13.1. The van der Waals surface area contributed by atoms with Gasteiger partial charge in [-0.15, -0.1) is 11.3 Å². The largest absolute Gasteiger partial charge is 0.478 e. The zero-order chi connectivity index (χ0) is 27.8. The second-order valence-corrected chi connectivity index (χ2v) is 10.7. The Hall–Kier alpha value is -4.04. The molecule has 0 aromatic carbocycles. The quantitative estimate of drug-likeness (QED) is 0.0499. The predicted molar refractivity (Wildman–Crippen MR) is 126 cm³/mol. The lowest BCUT2D eigenvalue weighted by molar-refractivity contribution is -0.153. The molecule has 0 spiro atoms. The van der Waals surface area contributed by atoms with Gasteiger partial charge in [0.1, 0.15) is 17.8 Å². The van der Waals surface area contributed by atoms with Crippen LogP contribution in [-0.2, 0) is 34.3 Å². The van der Waals surface area contributed by atoms with E-state index in [0.717, 1.165) is 22.6 Å². The van der Waals surface area contributed by atoms with Crippen LogP contribution in [-0.4, -0.2) is 112 Å². The number of ether oxygens (including phenoxy) is 1. The molecule has 1 saturated carbocycles. The number of carbonyl (C=O) groups is 4. The summed E-state index contributed by atoms with van der Waals surface area (Å²) in [7, 11) is -5.06. The summed E-state index contributed by atoms with van der Waals surface area (Å²) in [6, 6.07) is -2.95. The number of nitrogen functional groups attached to an aromatic ring is 1. The number of hydrogen-bond acceptors (Lipinski definition) is 13. The number of nitrogens with zero attached hydrogens (tertiary/aromatic N) is 4. The first-order valence-corrected chi connectivity index (χ1v) is 13.1. The van der Waals surface area contributed by atoms with Crippen LogP contribution in [0.2, 0.25) is 0 Å². The van der Waals surface area contributed by atoms with E-state index in [0.29, 0.717) is 0 Å². The van der Waals surface area contributed by atoms with E-state index >= 15 is 0 Å². The van der Waals surface area contributed by atoms with Gasteiger partial charge in [0, 0.05) is 24.8 Å². The topological polar surface area (TPSA) is 267 Å². The van der Waals surface area contributed by atoms with Crippen LogP contribution in [0.3, 0.4) is 0 Å². The molecule has 0 radical (unpaired) electrons. The van der Waals surface area contributed by atoms with Crippen LogP contribution < -0.4 is 16.4 Å². The molecule has 38 heavy (non-hydrogen) atoms. The fraction of sp³-hybridized carbons (Fsp3) is 0.500. The number of carbonyl (C=O) groups excluding carboxylic acids is 3. The molecular weight excluding hydrogens is 552 g/mol. The Balaban J connectivity index is 1.54. The van der Waals surface area contributed by atoms with E-state index in [1.165, 1.54) is 5.38 Å². The Bertz CT molecular complexity index is 1310. The minimum atomic E-state index is -5.06. The van der Waals surface area contributed by atoms with Crippen LogP contribution in [0.1, 0.15) is 18.5 Å². The minimum Gasteiger partial charge on any atom is -0.478 e. The van der Waals surface area contributed by atoms with Crippen molar-refractivity contribution in [2.24, 2.45) is 5.16 Å². The number of carboxylic acids is 1. The first-order valence-electron chi connectivity index (χ1n) is 10.9. The molecular formula is C18H22N8O10S2. The van der Waals surface area contributed by atoms with Crippen molar-refractivity contribution < 1.29 is 46.8 Å². The molecule has 1 aromatic rings. The molecule has 4 rings (SSSR count). The Morgan fingerprint density at radius 1 is 1.42 bits per heavy atom. The zero-order valence-electron chi connectivity index (χ0n) is 19.3. The summed E-state index contributed by atoms with van der Waals surface area (Å²) in [5.41, 5.74) is 3.39. The Morgan fingerprint density at radius 3 is 2.68 bits per heavy atom. The molecule has 7 N–H and O–H groups in total. The maximum absolute atomic E-state index is 13.1. The van der Waals surface area contributed by atoms with Crippen molar-refractivity contribution in [1.29, 1.82) is 5.41 Å². The number of aliphatic carboxylic acids is 1. The van der Waals surface area contributed by atoms with Gasteiger partial charge in [-0.05, 0) is 0 Å². The Kier molecular flexibility index (Phi) is 7.12. The molecule has 206 valence electrons. The third kappa shape index (κ3) is 5.31. The highest BCUT2D eigenvalue weighted by atomic mass is 32.2. The average molecular weight is 575 g/mol. The lowest BCUT2D eigenvalue weighted by Gasteiger charge is -2.45. The van der Waals surface area contributed by atoms with Crippen molar-refractivity contribution >= 4 is 62.7 Å². The number of carboxylic acid groups (broad SMARTS) is 1. The van der Waals surface area contributed by atoms with Crippen LogP contribution in [0.4, 0.5) is 9.93 Å². The van der Waals surface area contributed by atoms with Crippen molar-refractivity contribution in [3.05, 3.63) is 11.1 Å². The summed E-state index contributed by atoms with van der Waals surface area (Å²) < 4.78 is 38.4. The van der Waals surface area contributed by atoms with Crippen LogP contribution in [0.15, 0.2) is 10.5 Å². The van der Waals surface area contributed by atoms with E-state index in [-0.39, 0.29) is 41.1 Å². The van der Waals surface area contributed by atoms with Gasteiger partial charge in [0.25, 0.3) is 11.8 Å². The number of cyclic esters (lactones) is 1. The first-order chi connectivity index (χ1) is 17.9. The van der Waals surface area contributed by atoms with E-state index in [2.05, 4.69) is 20.8 Å². The first kappa shape index (κ1) is 27.0. The monoisotopic (exact) mass is 574 g/mol. The molecule has 3 atom stereocenters. The summed E-state index contributed by atoms with van der Waals surface area (Å²) in [5, 5.41) is 26.2. The molecule has 3 amide bonds. The number of oxime groups is 1. The third-order valence-electron chi connectivity index (χ3n) is 5.89. The number of nitrogens with two attached hydrogens (primary N) is 1. The van der Waals surface area contributed by atoms with Crippen LogP contribution >= 0.6 is 11.3 Å². The average Bonchev–Trinajstić information content (AvgIpc) is 3.39. The van der Waals surface area contributed by atoms with Gasteiger partial charge in [-0.2, -0.15) is 8.42 Å². The van der Waals surface area contributed by atoms with Gasteiger partial charge < -0.3 is 35.9 Å². The standard InChI is InChI=1S/C18H22N8O10S2/c19-7-21-3-8-4-25(17(31)35-8)5-10-12(14(28)26(10)38(32,33)34)23-13(27)11(9-6-37-16(20)22-9)24-36-18(1-2-18)15(29)30/h6-8,10,12H,1-5H2,(H2,19,21)(H2,20,22)(H,23,27)(H,29,30)(H,32,33,34)/b24-11-/t8-,10-,12+/m1/s1. The van der Waals surface area contributed by atoms with E-state index in [1.807, 2.05) is 0 Å². The summed E-state index contributed by atoms with van der Waals surface area (Å²) >= 11 is 0.945. The number of nitrogens with one attached hydrogen (secondary N) is 3. The number of β-lactam (4-membered cyclic amide) rings is 1. The van der Waals surface area contributed by atoms with Gasteiger partial charge >= 0.3 is 22.4 Å². The lowest BCUT2D eigenvalue weighted by atomic mass is 9.97. The summed E-state index contributed by atoms with van der Waals surface area (Å²) in [5.74, 6) is -3.56. The number of aromatic nitrogens is 1. The molecule has 1 aromatic heterocycles.